The lowest BCUT2D eigenvalue weighted by atomic mass is 9.82. The van der Waals surface area contributed by atoms with Crippen LogP contribution in [0.15, 0.2) is 36.7 Å². The number of fused-ring (bicyclic) bond motifs is 1. The standard InChI is InChI=1S/C19H17F3N4O2/c20-19(21,22)11-2-3-13(16(28)7-11)17-12-5-6-23-9-14(12)18(26-25-17)24-8-10-1-4-15(10)27/h2-3,5-7,9-10,15,27-28H,1,4,8H2,(H,24,26)/t10-,15+/m1/s1. The fourth-order valence-corrected chi connectivity index (χ4v) is 3.25. The summed E-state index contributed by atoms with van der Waals surface area (Å²) in [6, 6.07) is 4.42. The number of rotatable bonds is 4. The molecule has 9 heteroatoms. The van der Waals surface area contributed by atoms with Crippen molar-refractivity contribution in [2.24, 2.45) is 5.92 Å². The van der Waals surface area contributed by atoms with Crippen LogP contribution < -0.4 is 5.32 Å². The van der Waals surface area contributed by atoms with Crippen LogP contribution in [-0.2, 0) is 6.18 Å². The topological polar surface area (TPSA) is 91.2 Å². The predicted octanol–water partition coefficient (Wildman–Crippen LogP) is 3.60. The predicted molar refractivity (Wildman–Crippen MR) is 96.7 cm³/mol. The van der Waals surface area contributed by atoms with Gasteiger partial charge in [0.1, 0.15) is 11.4 Å². The maximum Gasteiger partial charge on any atom is 0.416 e. The van der Waals surface area contributed by atoms with Gasteiger partial charge in [-0.2, -0.15) is 13.2 Å². The Kier molecular flexibility index (Phi) is 4.54. The number of hydrogen-bond acceptors (Lipinski definition) is 6. The number of anilines is 1. The molecule has 3 N–H and O–H groups in total. The zero-order chi connectivity index (χ0) is 19.9. The molecule has 4 rings (SSSR count). The molecule has 0 aliphatic heterocycles. The number of phenols is 1. The summed E-state index contributed by atoms with van der Waals surface area (Å²) >= 11 is 0. The van der Waals surface area contributed by atoms with E-state index in [4.69, 9.17) is 0 Å². The van der Waals surface area contributed by atoms with Crippen molar-refractivity contribution in [3.05, 3.63) is 42.2 Å². The maximum absolute atomic E-state index is 12.8. The molecule has 0 spiro atoms. The third-order valence-electron chi connectivity index (χ3n) is 5.07. The molecule has 1 aliphatic carbocycles. The van der Waals surface area contributed by atoms with Gasteiger partial charge in [-0.15, -0.1) is 10.2 Å². The number of aromatic nitrogens is 3. The minimum Gasteiger partial charge on any atom is -0.507 e. The first-order valence-corrected chi connectivity index (χ1v) is 8.77. The molecule has 1 fully saturated rings. The molecule has 0 saturated heterocycles. The molecular formula is C19H17F3N4O2. The van der Waals surface area contributed by atoms with Crippen LogP contribution in [0.4, 0.5) is 19.0 Å². The van der Waals surface area contributed by atoms with Gasteiger partial charge in [-0.1, -0.05) is 0 Å². The van der Waals surface area contributed by atoms with Crippen LogP contribution in [-0.4, -0.2) is 38.0 Å². The van der Waals surface area contributed by atoms with Crippen molar-refractivity contribution in [2.45, 2.75) is 25.1 Å². The molecule has 2 aromatic heterocycles. The molecule has 2 heterocycles. The van der Waals surface area contributed by atoms with Gasteiger partial charge in [0.25, 0.3) is 0 Å². The minimum absolute atomic E-state index is 0.146. The summed E-state index contributed by atoms with van der Waals surface area (Å²) in [6.07, 6.45) is -0.0503. The number of aliphatic hydroxyl groups is 1. The van der Waals surface area contributed by atoms with E-state index in [-0.39, 0.29) is 23.3 Å². The highest BCUT2D eigenvalue weighted by Crippen LogP contribution is 2.38. The Morgan fingerprint density at radius 3 is 2.57 bits per heavy atom. The Morgan fingerprint density at radius 2 is 1.93 bits per heavy atom. The highest BCUT2D eigenvalue weighted by atomic mass is 19.4. The number of aromatic hydroxyl groups is 1. The van der Waals surface area contributed by atoms with E-state index < -0.39 is 17.5 Å². The van der Waals surface area contributed by atoms with Gasteiger partial charge in [0.05, 0.1) is 11.7 Å². The molecule has 28 heavy (non-hydrogen) atoms. The van der Waals surface area contributed by atoms with E-state index in [1.54, 1.807) is 12.3 Å². The van der Waals surface area contributed by atoms with Crippen LogP contribution in [0.3, 0.4) is 0 Å². The molecular weight excluding hydrogens is 373 g/mol. The summed E-state index contributed by atoms with van der Waals surface area (Å²) < 4.78 is 38.5. The van der Waals surface area contributed by atoms with E-state index in [1.807, 2.05) is 0 Å². The Balaban J connectivity index is 1.72. The fraction of sp³-hybridized carbons (Fsp3) is 0.316. The first-order valence-electron chi connectivity index (χ1n) is 8.77. The number of nitrogens with zero attached hydrogens (tertiary/aromatic N) is 3. The van der Waals surface area contributed by atoms with Gasteiger partial charge in [0, 0.05) is 41.2 Å². The summed E-state index contributed by atoms with van der Waals surface area (Å²) in [5, 5.41) is 32.5. The number of pyridine rings is 1. The van der Waals surface area contributed by atoms with Crippen LogP contribution in [0.2, 0.25) is 0 Å². The van der Waals surface area contributed by atoms with Crippen LogP contribution in [0.1, 0.15) is 18.4 Å². The zero-order valence-corrected chi connectivity index (χ0v) is 14.6. The molecule has 6 nitrogen and oxygen atoms in total. The van der Waals surface area contributed by atoms with E-state index in [1.165, 1.54) is 12.3 Å². The number of nitrogens with one attached hydrogen (secondary N) is 1. The molecule has 2 atom stereocenters. The second-order valence-electron chi connectivity index (χ2n) is 6.83. The summed E-state index contributed by atoms with van der Waals surface area (Å²) in [7, 11) is 0. The SMILES string of the molecule is Oc1cc(C(F)(F)F)ccc1-c1nnc(NC[C@H]2CC[C@@H]2O)c2cnccc12. The molecule has 0 radical (unpaired) electrons. The number of benzene rings is 1. The second kappa shape index (κ2) is 6.90. The quantitative estimate of drug-likeness (QED) is 0.631. The number of phenolic OH excluding ortho intramolecular Hbond substituents is 1. The van der Waals surface area contributed by atoms with Crippen LogP contribution in [0.5, 0.6) is 5.75 Å². The molecule has 146 valence electrons. The number of hydrogen-bond donors (Lipinski definition) is 3. The Labute approximate surface area is 158 Å². The Hall–Kier alpha value is -2.94. The van der Waals surface area contributed by atoms with Crippen molar-refractivity contribution in [2.75, 3.05) is 11.9 Å². The van der Waals surface area contributed by atoms with Crippen molar-refractivity contribution in [1.82, 2.24) is 15.2 Å². The van der Waals surface area contributed by atoms with Gasteiger partial charge in [0.15, 0.2) is 5.82 Å². The zero-order valence-electron chi connectivity index (χ0n) is 14.6. The molecule has 3 aromatic rings. The van der Waals surface area contributed by atoms with Crippen molar-refractivity contribution < 1.29 is 23.4 Å². The molecule has 1 aliphatic rings. The largest absolute Gasteiger partial charge is 0.507 e. The maximum atomic E-state index is 12.8. The van der Waals surface area contributed by atoms with Crippen LogP contribution in [0, 0.1) is 5.92 Å². The lowest BCUT2D eigenvalue weighted by Gasteiger charge is -2.32. The highest BCUT2D eigenvalue weighted by Gasteiger charge is 2.31. The second-order valence-corrected chi connectivity index (χ2v) is 6.83. The van der Waals surface area contributed by atoms with Crippen molar-refractivity contribution in [3.8, 4) is 17.0 Å². The number of aliphatic hydroxyl groups excluding tert-OH is 1. The van der Waals surface area contributed by atoms with Gasteiger partial charge in [0.2, 0.25) is 0 Å². The van der Waals surface area contributed by atoms with Gasteiger partial charge in [-0.25, -0.2) is 0 Å². The third kappa shape index (κ3) is 3.33. The van der Waals surface area contributed by atoms with E-state index in [2.05, 4.69) is 20.5 Å². The van der Waals surface area contributed by atoms with Gasteiger partial charge < -0.3 is 15.5 Å². The van der Waals surface area contributed by atoms with E-state index >= 15 is 0 Å². The van der Waals surface area contributed by atoms with Crippen LogP contribution in [0.25, 0.3) is 22.0 Å². The Bertz CT molecular complexity index is 1030. The molecule has 0 bridgehead atoms. The lowest BCUT2D eigenvalue weighted by molar-refractivity contribution is -0.137. The average Bonchev–Trinajstić information content (AvgIpc) is 2.66. The monoisotopic (exact) mass is 390 g/mol. The normalized spacial score (nSPS) is 19.4. The van der Waals surface area contributed by atoms with Crippen molar-refractivity contribution >= 4 is 16.6 Å². The first-order chi connectivity index (χ1) is 13.3. The fourth-order valence-electron chi connectivity index (χ4n) is 3.25. The van der Waals surface area contributed by atoms with Gasteiger partial charge >= 0.3 is 6.18 Å². The average molecular weight is 390 g/mol. The first kappa shape index (κ1) is 18.4. The lowest BCUT2D eigenvalue weighted by Crippen LogP contribution is -2.36. The van der Waals surface area contributed by atoms with Gasteiger partial charge in [-0.3, -0.25) is 4.98 Å². The van der Waals surface area contributed by atoms with E-state index in [0.717, 1.165) is 18.9 Å². The summed E-state index contributed by atoms with van der Waals surface area (Å²) in [6.45, 7) is 0.532. The minimum atomic E-state index is -4.55. The van der Waals surface area contributed by atoms with E-state index in [0.29, 0.717) is 29.2 Å². The molecule has 0 unspecified atom stereocenters. The van der Waals surface area contributed by atoms with Crippen molar-refractivity contribution in [3.63, 3.8) is 0 Å². The third-order valence-corrected chi connectivity index (χ3v) is 5.07. The van der Waals surface area contributed by atoms with Crippen LogP contribution >= 0.6 is 0 Å². The highest BCUT2D eigenvalue weighted by molar-refractivity contribution is 6.00. The summed E-state index contributed by atoms with van der Waals surface area (Å²) in [5.41, 5.74) is -0.527. The van der Waals surface area contributed by atoms with Gasteiger partial charge in [-0.05, 0) is 37.1 Å². The summed E-state index contributed by atoms with van der Waals surface area (Å²) in [5.74, 6) is 0.0880. The summed E-state index contributed by atoms with van der Waals surface area (Å²) in [4.78, 5) is 4.08. The Morgan fingerprint density at radius 1 is 1.11 bits per heavy atom. The van der Waals surface area contributed by atoms with E-state index in [9.17, 15) is 23.4 Å². The molecule has 1 saturated carbocycles. The smallest absolute Gasteiger partial charge is 0.416 e. The molecule has 1 aromatic carbocycles. The van der Waals surface area contributed by atoms with Crippen molar-refractivity contribution in [1.29, 1.82) is 0 Å². The number of halogens is 3. The molecule has 0 amide bonds. The number of alkyl halides is 3.